The Bertz CT molecular complexity index is 837. The summed E-state index contributed by atoms with van der Waals surface area (Å²) in [7, 11) is 0. The minimum absolute atomic E-state index is 0.198. The summed E-state index contributed by atoms with van der Waals surface area (Å²) in [6.45, 7) is 7.08. The molecule has 10 nitrogen and oxygen atoms in total. The van der Waals surface area contributed by atoms with Crippen molar-refractivity contribution in [1.29, 1.82) is 0 Å². The van der Waals surface area contributed by atoms with E-state index in [1.165, 1.54) is 11.8 Å². The number of rotatable bonds is 5. The van der Waals surface area contributed by atoms with Gasteiger partial charge in [0.2, 0.25) is 23.6 Å². The normalized spacial score (nSPS) is 31.4. The van der Waals surface area contributed by atoms with Gasteiger partial charge in [0.15, 0.2) is 0 Å². The van der Waals surface area contributed by atoms with E-state index in [1.54, 1.807) is 39.8 Å². The SMILES string of the molecule is CC[C@H]1NC(=O)C[C@H](C=CCCS)OC(=O)[C@H](C(C)C)NC(=O)C2NC(=O)[C@@H](CSC2C)NC1=O. The average molecular weight is 529 g/mol. The Morgan fingerprint density at radius 3 is 2.40 bits per heavy atom. The van der Waals surface area contributed by atoms with Crippen molar-refractivity contribution in [3.63, 3.8) is 0 Å². The first-order valence-corrected chi connectivity index (χ1v) is 13.6. The fraction of sp³-hybridized carbons (Fsp3) is 0.696. The lowest BCUT2D eigenvalue weighted by Crippen LogP contribution is -2.59. The molecule has 2 fully saturated rings. The van der Waals surface area contributed by atoms with Crippen molar-refractivity contribution < 1.29 is 28.7 Å². The van der Waals surface area contributed by atoms with Crippen LogP contribution in [0.15, 0.2) is 12.2 Å². The van der Waals surface area contributed by atoms with Gasteiger partial charge >= 0.3 is 5.97 Å². The zero-order valence-electron chi connectivity index (χ0n) is 20.5. The molecule has 0 aromatic carbocycles. The van der Waals surface area contributed by atoms with Crippen LogP contribution in [0.3, 0.4) is 0 Å². The molecule has 4 amide bonds. The molecule has 12 heteroatoms. The first kappa shape index (κ1) is 29.0. The van der Waals surface area contributed by atoms with Gasteiger partial charge in [-0.3, -0.25) is 19.2 Å². The van der Waals surface area contributed by atoms with Gasteiger partial charge in [-0.2, -0.15) is 24.4 Å². The molecule has 2 heterocycles. The quantitative estimate of drug-likeness (QED) is 0.196. The van der Waals surface area contributed by atoms with Crippen LogP contribution in [0.4, 0.5) is 0 Å². The van der Waals surface area contributed by atoms with E-state index in [0.717, 1.165) is 0 Å². The van der Waals surface area contributed by atoms with Crippen LogP contribution in [-0.4, -0.2) is 76.6 Å². The Morgan fingerprint density at radius 2 is 1.77 bits per heavy atom. The number of fused-ring (bicyclic) bond motifs is 3. The molecule has 0 saturated carbocycles. The lowest BCUT2D eigenvalue weighted by molar-refractivity contribution is -0.153. The van der Waals surface area contributed by atoms with E-state index >= 15 is 0 Å². The highest BCUT2D eigenvalue weighted by molar-refractivity contribution is 8.00. The summed E-state index contributed by atoms with van der Waals surface area (Å²) in [5.74, 6) is -2.13. The molecule has 6 atom stereocenters. The molecule has 4 N–H and O–H groups in total. The van der Waals surface area contributed by atoms with Crippen molar-refractivity contribution in [2.75, 3.05) is 11.5 Å². The standard InChI is InChI=1S/C23H36N4O6S2/c1-5-15-20(29)25-16-11-35-13(4)19(27-21(16)30)22(31)26-18(12(2)3)23(32)33-14(8-6-7-9-34)10-17(28)24-15/h6,8,12-16,18-19,34H,5,7,9-11H2,1-4H3,(H,24,28)(H,25,29)(H,26,31)(H,27,30)/t13?,14-,15+,16+,18-,19?/m0/s1. The van der Waals surface area contributed by atoms with Gasteiger partial charge in [0.05, 0.1) is 6.42 Å². The monoisotopic (exact) mass is 528 g/mol. The predicted molar refractivity (Wildman–Crippen MR) is 137 cm³/mol. The van der Waals surface area contributed by atoms with Crippen molar-refractivity contribution in [2.45, 2.75) is 82.5 Å². The minimum Gasteiger partial charge on any atom is -0.456 e. The summed E-state index contributed by atoms with van der Waals surface area (Å²) >= 11 is 5.52. The Morgan fingerprint density at radius 1 is 1.06 bits per heavy atom. The maximum Gasteiger partial charge on any atom is 0.329 e. The molecule has 0 aromatic rings. The van der Waals surface area contributed by atoms with Crippen LogP contribution < -0.4 is 21.3 Å². The molecule has 2 rings (SSSR count). The van der Waals surface area contributed by atoms with Gasteiger partial charge < -0.3 is 26.0 Å². The summed E-state index contributed by atoms with van der Waals surface area (Å²) in [4.78, 5) is 64.6. The van der Waals surface area contributed by atoms with E-state index < -0.39 is 59.9 Å². The number of hydrogen-bond acceptors (Lipinski definition) is 8. The van der Waals surface area contributed by atoms with Gasteiger partial charge in [0.1, 0.15) is 30.3 Å². The van der Waals surface area contributed by atoms with Crippen LogP contribution in [0.1, 0.15) is 47.0 Å². The molecular formula is C23H36N4O6S2. The number of allylic oxidation sites excluding steroid dienone is 1. The molecule has 2 aliphatic heterocycles. The second kappa shape index (κ2) is 13.8. The second-order valence-corrected chi connectivity index (χ2v) is 10.8. The Balaban J connectivity index is 2.41. The summed E-state index contributed by atoms with van der Waals surface area (Å²) in [5.41, 5.74) is 0. The topological polar surface area (TPSA) is 143 Å². The summed E-state index contributed by atoms with van der Waals surface area (Å²) in [6, 6.07) is -3.61. The summed E-state index contributed by atoms with van der Waals surface area (Å²) in [5, 5.41) is 10.5. The molecule has 2 saturated heterocycles. The van der Waals surface area contributed by atoms with Gasteiger partial charge in [-0.1, -0.05) is 33.8 Å². The highest BCUT2D eigenvalue weighted by Gasteiger charge is 2.38. The smallest absolute Gasteiger partial charge is 0.329 e. The number of amides is 4. The van der Waals surface area contributed by atoms with Crippen molar-refractivity contribution in [3.8, 4) is 0 Å². The van der Waals surface area contributed by atoms with Crippen LogP contribution in [-0.2, 0) is 28.7 Å². The van der Waals surface area contributed by atoms with E-state index in [2.05, 4.69) is 33.9 Å². The van der Waals surface area contributed by atoms with E-state index in [-0.39, 0.29) is 23.3 Å². The van der Waals surface area contributed by atoms with Crippen molar-refractivity contribution in [1.82, 2.24) is 21.3 Å². The van der Waals surface area contributed by atoms with Crippen molar-refractivity contribution >= 4 is 54.0 Å². The van der Waals surface area contributed by atoms with Crippen LogP contribution in [0, 0.1) is 5.92 Å². The predicted octanol–water partition coefficient (Wildman–Crippen LogP) is 0.319. The third-order valence-electron chi connectivity index (χ3n) is 5.79. The number of hydrogen-bond donors (Lipinski definition) is 5. The number of cyclic esters (lactones) is 1. The zero-order chi connectivity index (χ0) is 26.1. The molecule has 2 unspecified atom stereocenters. The lowest BCUT2D eigenvalue weighted by atomic mass is 10.0. The third kappa shape index (κ3) is 8.45. The first-order valence-electron chi connectivity index (χ1n) is 11.9. The number of thiol groups is 1. The number of carbonyl (C=O) groups is 5. The number of nitrogens with one attached hydrogen (secondary N) is 4. The molecule has 196 valence electrons. The molecule has 0 spiro atoms. The lowest BCUT2D eigenvalue weighted by Gasteiger charge is -2.28. The highest BCUT2D eigenvalue weighted by Crippen LogP contribution is 2.21. The number of carbonyl (C=O) groups excluding carboxylic acids is 5. The van der Waals surface area contributed by atoms with Crippen LogP contribution in [0.2, 0.25) is 0 Å². The first-order chi connectivity index (χ1) is 16.6. The van der Waals surface area contributed by atoms with Gasteiger partial charge in [0.25, 0.3) is 0 Å². The highest BCUT2D eigenvalue weighted by atomic mass is 32.2. The van der Waals surface area contributed by atoms with Gasteiger partial charge in [0, 0.05) is 11.0 Å². The molecule has 2 bridgehead atoms. The fourth-order valence-corrected chi connectivity index (χ4v) is 4.94. The Kier molecular flexibility index (Phi) is 11.4. The van der Waals surface area contributed by atoms with Gasteiger partial charge in [-0.05, 0) is 30.6 Å². The zero-order valence-corrected chi connectivity index (χ0v) is 22.2. The van der Waals surface area contributed by atoms with Gasteiger partial charge in [-0.25, -0.2) is 4.79 Å². The molecule has 0 aliphatic carbocycles. The van der Waals surface area contributed by atoms with Crippen LogP contribution in [0.25, 0.3) is 0 Å². The summed E-state index contributed by atoms with van der Waals surface area (Å²) < 4.78 is 5.62. The number of esters is 1. The molecule has 35 heavy (non-hydrogen) atoms. The maximum atomic E-state index is 13.1. The molecule has 0 aromatic heterocycles. The average Bonchev–Trinajstić information content (AvgIpc) is 2.93. The van der Waals surface area contributed by atoms with Crippen LogP contribution in [0.5, 0.6) is 0 Å². The fourth-order valence-electron chi connectivity index (χ4n) is 3.67. The largest absolute Gasteiger partial charge is 0.456 e. The number of ether oxygens (including phenoxy) is 1. The van der Waals surface area contributed by atoms with Gasteiger partial charge in [-0.15, -0.1) is 0 Å². The molecule has 2 aliphatic rings. The van der Waals surface area contributed by atoms with E-state index in [9.17, 15) is 24.0 Å². The van der Waals surface area contributed by atoms with E-state index in [4.69, 9.17) is 4.74 Å². The summed E-state index contributed by atoms with van der Waals surface area (Å²) in [6.07, 6.45) is 3.21. The van der Waals surface area contributed by atoms with Crippen molar-refractivity contribution in [2.24, 2.45) is 5.92 Å². The van der Waals surface area contributed by atoms with Crippen molar-refractivity contribution in [3.05, 3.63) is 12.2 Å². The van der Waals surface area contributed by atoms with Crippen LogP contribution >= 0.6 is 24.4 Å². The second-order valence-electron chi connectivity index (χ2n) is 8.96. The van der Waals surface area contributed by atoms with E-state index in [0.29, 0.717) is 18.6 Å². The maximum absolute atomic E-state index is 13.1. The van der Waals surface area contributed by atoms with E-state index in [1.807, 2.05) is 0 Å². The molecular weight excluding hydrogens is 492 g/mol. The third-order valence-corrected chi connectivity index (χ3v) is 7.37. The number of thioether (sulfide) groups is 1. The molecule has 0 radical (unpaired) electrons. The minimum atomic E-state index is -0.976. The Hall–Kier alpha value is -2.21. The Labute approximate surface area is 215 Å².